The van der Waals surface area contributed by atoms with Crippen molar-refractivity contribution in [1.82, 2.24) is 19.9 Å². The van der Waals surface area contributed by atoms with Crippen LogP contribution in [0, 0.1) is 0 Å². The first-order valence-corrected chi connectivity index (χ1v) is 6.51. The molecule has 0 bridgehead atoms. The van der Waals surface area contributed by atoms with E-state index in [0.29, 0.717) is 5.69 Å². The predicted octanol–water partition coefficient (Wildman–Crippen LogP) is 2.39. The molecule has 5 nitrogen and oxygen atoms in total. The third kappa shape index (κ3) is 2.18. The Labute approximate surface area is 116 Å². The van der Waals surface area contributed by atoms with Crippen LogP contribution < -0.4 is 5.32 Å². The topological polar surface area (TPSA) is 62.7 Å². The molecule has 0 spiro atoms. The molecule has 2 N–H and O–H groups in total. The van der Waals surface area contributed by atoms with Gasteiger partial charge in [-0.25, -0.2) is 4.98 Å². The van der Waals surface area contributed by atoms with Crippen molar-refractivity contribution in [3.05, 3.63) is 54.2 Å². The molecule has 0 aliphatic rings. The van der Waals surface area contributed by atoms with Gasteiger partial charge in [0.15, 0.2) is 0 Å². The molecule has 0 aliphatic heterocycles. The molecule has 102 valence electrons. The summed E-state index contributed by atoms with van der Waals surface area (Å²) < 4.78 is 1.90. The number of H-pyrrole nitrogens is 1. The molecule has 1 aromatic carbocycles. The van der Waals surface area contributed by atoms with Gasteiger partial charge in [0.1, 0.15) is 11.5 Å². The van der Waals surface area contributed by atoms with E-state index in [-0.39, 0.29) is 11.9 Å². The molecular formula is C15H16N4O. The number of para-hydroxylation sites is 1. The van der Waals surface area contributed by atoms with Crippen molar-refractivity contribution in [2.24, 2.45) is 7.05 Å². The maximum Gasteiger partial charge on any atom is 0.268 e. The zero-order valence-electron chi connectivity index (χ0n) is 11.4. The molecule has 2 aromatic heterocycles. The first-order valence-electron chi connectivity index (χ1n) is 6.51. The molecule has 1 amide bonds. The second-order valence-corrected chi connectivity index (χ2v) is 4.86. The summed E-state index contributed by atoms with van der Waals surface area (Å²) in [4.78, 5) is 19.6. The van der Waals surface area contributed by atoms with Crippen molar-refractivity contribution < 1.29 is 4.79 Å². The summed E-state index contributed by atoms with van der Waals surface area (Å²) >= 11 is 0. The molecule has 1 atom stereocenters. The van der Waals surface area contributed by atoms with Gasteiger partial charge in [0.05, 0.1) is 6.04 Å². The molecule has 0 radical (unpaired) electrons. The Balaban J connectivity index is 1.81. The van der Waals surface area contributed by atoms with Crippen LogP contribution in [0.25, 0.3) is 10.9 Å². The van der Waals surface area contributed by atoms with Crippen LogP contribution in [0.3, 0.4) is 0 Å². The van der Waals surface area contributed by atoms with Gasteiger partial charge in [0, 0.05) is 30.3 Å². The van der Waals surface area contributed by atoms with Gasteiger partial charge in [-0.1, -0.05) is 18.2 Å². The van der Waals surface area contributed by atoms with Crippen LogP contribution in [0.2, 0.25) is 0 Å². The zero-order chi connectivity index (χ0) is 14.1. The van der Waals surface area contributed by atoms with Crippen molar-refractivity contribution in [2.75, 3.05) is 0 Å². The molecule has 0 aliphatic carbocycles. The van der Waals surface area contributed by atoms with Crippen LogP contribution in [-0.2, 0) is 7.05 Å². The van der Waals surface area contributed by atoms with Gasteiger partial charge in [-0.3, -0.25) is 4.79 Å². The monoisotopic (exact) mass is 268 g/mol. The van der Waals surface area contributed by atoms with Crippen LogP contribution in [0.4, 0.5) is 0 Å². The Bertz CT molecular complexity index is 723. The second-order valence-electron chi connectivity index (χ2n) is 4.86. The summed E-state index contributed by atoms with van der Waals surface area (Å²) in [5.41, 5.74) is 1.52. The van der Waals surface area contributed by atoms with E-state index in [1.165, 1.54) is 0 Å². The minimum absolute atomic E-state index is 0.128. The number of benzene rings is 1. The Kier molecular flexibility index (Phi) is 3.02. The van der Waals surface area contributed by atoms with Crippen molar-refractivity contribution in [3.63, 3.8) is 0 Å². The van der Waals surface area contributed by atoms with Gasteiger partial charge in [0.2, 0.25) is 0 Å². The zero-order valence-corrected chi connectivity index (χ0v) is 11.4. The van der Waals surface area contributed by atoms with E-state index in [9.17, 15) is 4.79 Å². The van der Waals surface area contributed by atoms with E-state index in [1.54, 1.807) is 6.20 Å². The number of aromatic amines is 1. The third-order valence-corrected chi connectivity index (χ3v) is 3.37. The number of hydrogen-bond donors (Lipinski definition) is 2. The fourth-order valence-corrected chi connectivity index (χ4v) is 2.33. The fraction of sp³-hybridized carbons (Fsp3) is 0.200. The van der Waals surface area contributed by atoms with Gasteiger partial charge in [0.25, 0.3) is 5.91 Å². The molecule has 5 heteroatoms. The van der Waals surface area contributed by atoms with E-state index in [2.05, 4.69) is 15.3 Å². The van der Waals surface area contributed by atoms with Gasteiger partial charge >= 0.3 is 0 Å². The largest absolute Gasteiger partial charge is 0.351 e. The van der Waals surface area contributed by atoms with Gasteiger partial charge in [-0.05, 0) is 19.1 Å². The first-order chi connectivity index (χ1) is 9.65. The van der Waals surface area contributed by atoms with E-state index in [0.717, 1.165) is 16.7 Å². The molecule has 1 unspecified atom stereocenters. The number of imidazole rings is 1. The Morgan fingerprint density at radius 2 is 2.20 bits per heavy atom. The van der Waals surface area contributed by atoms with Crippen LogP contribution in [-0.4, -0.2) is 20.4 Å². The van der Waals surface area contributed by atoms with Crippen molar-refractivity contribution in [2.45, 2.75) is 13.0 Å². The summed E-state index contributed by atoms with van der Waals surface area (Å²) in [6.45, 7) is 1.92. The average Bonchev–Trinajstić information content (AvgIpc) is 3.04. The van der Waals surface area contributed by atoms with Gasteiger partial charge in [-0.15, -0.1) is 0 Å². The summed E-state index contributed by atoms with van der Waals surface area (Å²) in [6.07, 6.45) is 3.59. The lowest BCUT2D eigenvalue weighted by Gasteiger charge is -2.12. The first kappa shape index (κ1) is 12.5. The number of amides is 1. The number of nitrogens with one attached hydrogen (secondary N) is 2. The van der Waals surface area contributed by atoms with Crippen molar-refractivity contribution in [1.29, 1.82) is 0 Å². The highest BCUT2D eigenvalue weighted by Gasteiger charge is 2.16. The normalized spacial score (nSPS) is 12.5. The van der Waals surface area contributed by atoms with Crippen LogP contribution >= 0.6 is 0 Å². The highest BCUT2D eigenvalue weighted by Crippen LogP contribution is 2.16. The number of hydrogen-bond acceptors (Lipinski definition) is 2. The number of aryl methyl sites for hydroxylation is 1. The third-order valence-electron chi connectivity index (χ3n) is 3.37. The minimum Gasteiger partial charge on any atom is -0.351 e. The van der Waals surface area contributed by atoms with Gasteiger partial charge < -0.3 is 14.9 Å². The number of aromatic nitrogens is 3. The smallest absolute Gasteiger partial charge is 0.268 e. The van der Waals surface area contributed by atoms with Crippen molar-refractivity contribution in [3.8, 4) is 0 Å². The number of carbonyl (C=O) groups excluding carboxylic acids is 1. The van der Waals surface area contributed by atoms with E-state index >= 15 is 0 Å². The Morgan fingerprint density at radius 3 is 2.90 bits per heavy atom. The summed E-state index contributed by atoms with van der Waals surface area (Å²) in [5, 5.41) is 3.98. The lowest BCUT2D eigenvalue weighted by atomic mass is 10.2. The highest BCUT2D eigenvalue weighted by molar-refractivity contribution is 5.98. The molecule has 3 aromatic rings. The minimum atomic E-state index is -0.145. The maximum atomic E-state index is 12.3. The SMILES string of the molecule is CC(NC(=O)c1cc2ccccc2[nH]1)c1nccn1C. The van der Waals surface area contributed by atoms with Gasteiger partial charge in [-0.2, -0.15) is 0 Å². The van der Waals surface area contributed by atoms with Crippen LogP contribution in [0.5, 0.6) is 0 Å². The fourth-order valence-electron chi connectivity index (χ4n) is 2.33. The summed E-state index contributed by atoms with van der Waals surface area (Å²) in [6, 6.07) is 9.54. The lowest BCUT2D eigenvalue weighted by Crippen LogP contribution is -2.28. The molecule has 0 fully saturated rings. The molecule has 2 heterocycles. The quantitative estimate of drug-likeness (QED) is 0.766. The van der Waals surface area contributed by atoms with E-state index < -0.39 is 0 Å². The summed E-state index contributed by atoms with van der Waals surface area (Å²) in [7, 11) is 1.91. The number of nitrogens with zero attached hydrogens (tertiary/aromatic N) is 2. The molecular weight excluding hydrogens is 252 g/mol. The number of fused-ring (bicyclic) bond motifs is 1. The van der Waals surface area contributed by atoms with E-state index in [1.807, 2.05) is 55.1 Å². The van der Waals surface area contributed by atoms with Crippen LogP contribution in [0.15, 0.2) is 42.7 Å². The molecule has 20 heavy (non-hydrogen) atoms. The average molecular weight is 268 g/mol. The van der Waals surface area contributed by atoms with Crippen LogP contribution in [0.1, 0.15) is 29.3 Å². The standard InChI is InChI=1S/C15H16N4O/c1-10(14-16-7-8-19(14)2)17-15(20)13-9-11-5-3-4-6-12(11)18-13/h3-10,18H,1-2H3,(H,17,20). The lowest BCUT2D eigenvalue weighted by molar-refractivity contribution is 0.0933. The predicted molar refractivity (Wildman–Crippen MR) is 77.4 cm³/mol. The number of carbonyl (C=O) groups is 1. The second kappa shape index (κ2) is 4.85. The molecule has 0 saturated heterocycles. The molecule has 3 rings (SSSR count). The Hall–Kier alpha value is -2.56. The number of rotatable bonds is 3. The van der Waals surface area contributed by atoms with E-state index in [4.69, 9.17) is 0 Å². The maximum absolute atomic E-state index is 12.3. The summed E-state index contributed by atoms with van der Waals surface area (Å²) in [5.74, 6) is 0.700. The Morgan fingerprint density at radius 1 is 1.40 bits per heavy atom. The molecule has 0 saturated carbocycles. The highest BCUT2D eigenvalue weighted by atomic mass is 16.1. The van der Waals surface area contributed by atoms with Crippen molar-refractivity contribution >= 4 is 16.8 Å².